The second kappa shape index (κ2) is 8.40. The van der Waals surface area contributed by atoms with Crippen LogP contribution < -0.4 is 10.9 Å². The van der Waals surface area contributed by atoms with E-state index in [9.17, 15) is 14.0 Å². The Bertz CT molecular complexity index is 1620. The van der Waals surface area contributed by atoms with E-state index in [0.717, 1.165) is 0 Å². The van der Waals surface area contributed by atoms with Crippen LogP contribution in [0.1, 0.15) is 16.1 Å². The molecule has 5 aromatic rings. The molecular weight excluding hydrogens is 484 g/mol. The molecule has 9 nitrogen and oxygen atoms in total. The number of benzene rings is 2. The number of aromatic amines is 1. The molecule has 0 bridgehead atoms. The molecule has 0 aliphatic rings. The number of H-pyrrole nitrogens is 1. The van der Waals surface area contributed by atoms with Gasteiger partial charge < -0.3 is 5.32 Å². The van der Waals surface area contributed by atoms with Crippen molar-refractivity contribution in [1.82, 2.24) is 29.5 Å². The molecule has 0 spiro atoms. The average Bonchev–Trinajstić information content (AvgIpc) is 3.39. The molecule has 3 heterocycles. The van der Waals surface area contributed by atoms with Gasteiger partial charge in [-0.2, -0.15) is 19.9 Å². The number of carbonyl (C=O) groups is 1. The molecule has 0 radical (unpaired) electrons. The molecular formula is C22H14Cl2FN7O2. The quantitative estimate of drug-likeness (QED) is 0.384. The first-order valence-electron chi connectivity index (χ1n) is 9.87. The van der Waals surface area contributed by atoms with Gasteiger partial charge in [0.05, 0.1) is 28.2 Å². The first kappa shape index (κ1) is 21.8. The molecule has 0 aliphatic heterocycles. The summed E-state index contributed by atoms with van der Waals surface area (Å²) in [5, 5.41) is 12.1. The molecule has 34 heavy (non-hydrogen) atoms. The molecule has 5 rings (SSSR count). The second-order valence-electron chi connectivity index (χ2n) is 7.32. The third kappa shape index (κ3) is 3.93. The topological polar surface area (TPSA) is 110 Å². The van der Waals surface area contributed by atoms with Crippen molar-refractivity contribution >= 4 is 46.0 Å². The fourth-order valence-electron chi connectivity index (χ4n) is 3.38. The fraction of sp³-hybridized carbons (Fsp3) is 0.0455. The maximum atomic E-state index is 13.4. The first-order valence-corrected chi connectivity index (χ1v) is 10.6. The summed E-state index contributed by atoms with van der Waals surface area (Å²) in [6, 6.07) is 11.7. The number of rotatable bonds is 4. The van der Waals surface area contributed by atoms with Crippen molar-refractivity contribution in [2.45, 2.75) is 6.92 Å². The molecule has 0 unspecified atom stereocenters. The number of nitrogens with one attached hydrogen (secondary N) is 2. The van der Waals surface area contributed by atoms with Gasteiger partial charge in [-0.05, 0) is 49.4 Å². The van der Waals surface area contributed by atoms with Crippen molar-refractivity contribution in [3.63, 3.8) is 0 Å². The minimum Gasteiger partial charge on any atom is -0.306 e. The highest BCUT2D eigenvalue weighted by atomic mass is 35.5. The largest absolute Gasteiger partial charge is 0.306 e. The molecule has 1 amide bonds. The van der Waals surface area contributed by atoms with E-state index in [0.29, 0.717) is 16.4 Å². The average molecular weight is 498 g/mol. The van der Waals surface area contributed by atoms with Crippen molar-refractivity contribution in [1.29, 1.82) is 0 Å². The normalized spacial score (nSPS) is 11.2. The summed E-state index contributed by atoms with van der Waals surface area (Å²) in [6.45, 7) is 1.72. The van der Waals surface area contributed by atoms with Crippen LogP contribution in [0, 0.1) is 12.7 Å². The van der Waals surface area contributed by atoms with Gasteiger partial charge in [-0.15, -0.1) is 0 Å². The lowest BCUT2D eigenvalue weighted by Gasteiger charge is -2.10. The van der Waals surface area contributed by atoms with E-state index < -0.39 is 17.3 Å². The van der Waals surface area contributed by atoms with Crippen LogP contribution in [0.4, 0.5) is 10.2 Å². The third-order valence-corrected chi connectivity index (χ3v) is 5.51. The van der Waals surface area contributed by atoms with Crippen LogP contribution in [0.2, 0.25) is 10.0 Å². The zero-order valence-electron chi connectivity index (χ0n) is 17.4. The summed E-state index contributed by atoms with van der Waals surface area (Å²) in [4.78, 5) is 32.8. The SMILES string of the molecule is Cc1cc(NC(=O)c2cc(Cl)ccc2Cl)n(-c2nc3c(cnn3-c3ccc(F)cc3)c(=O)[nH]2)n1. The summed E-state index contributed by atoms with van der Waals surface area (Å²) in [6.07, 6.45) is 1.37. The predicted octanol–water partition coefficient (Wildman–Crippen LogP) is 4.30. The van der Waals surface area contributed by atoms with Gasteiger partial charge in [0.15, 0.2) is 5.65 Å². The van der Waals surface area contributed by atoms with E-state index in [2.05, 4.69) is 25.5 Å². The Labute approximate surface area is 200 Å². The number of hydrogen-bond acceptors (Lipinski definition) is 5. The molecule has 2 aromatic carbocycles. The Morgan fingerprint density at radius 2 is 1.85 bits per heavy atom. The number of nitrogens with zero attached hydrogens (tertiary/aromatic N) is 5. The highest BCUT2D eigenvalue weighted by Gasteiger charge is 2.18. The summed E-state index contributed by atoms with van der Waals surface area (Å²) in [7, 11) is 0. The predicted molar refractivity (Wildman–Crippen MR) is 126 cm³/mol. The molecule has 3 aromatic heterocycles. The van der Waals surface area contributed by atoms with Gasteiger partial charge in [-0.1, -0.05) is 23.2 Å². The highest BCUT2D eigenvalue weighted by Crippen LogP contribution is 2.23. The zero-order chi connectivity index (χ0) is 24.0. The minimum absolute atomic E-state index is 0.0435. The number of amides is 1. The maximum Gasteiger partial charge on any atom is 0.263 e. The smallest absolute Gasteiger partial charge is 0.263 e. The number of halogens is 3. The lowest BCUT2D eigenvalue weighted by molar-refractivity contribution is 0.102. The van der Waals surface area contributed by atoms with Gasteiger partial charge in [-0.3, -0.25) is 14.6 Å². The Hall–Kier alpha value is -4.02. The van der Waals surface area contributed by atoms with E-state index in [1.54, 1.807) is 19.1 Å². The summed E-state index contributed by atoms with van der Waals surface area (Å²) in [5.74, 6) is -0.636. The minimum atomic E-state index is -0.520. The van der Waals surface area contributed by atoms with Crippen molar-refractivity contribution in [3.05, 3.63) is 92.2 Å². The number of anilines is 1. The van der Waals surface area contributed by atoms with Crippen LogP contribution in [-0.4, -0.2) is 35.4 Å². The zero-order valence-corrected chi connectivity index (χ0v) is 18.9. The van der Waals surface area contributed by atoms with E-state index in [-0.39, 0.29) is 33.4 Å². The number of aryl methyl sites for hydroxylation is 1. The van der Waals surface area contributed by atoms with Crippen LogP contribution in [0.15, 0.2) is 59.5 Å². The van der Waals surface area contributed by atoms with Crippen molar-refractivity contribution < 1.29 is 9.18 Å². The lowest BCUT2D eigenvalue weighted by Crippen LogP contribution is -2.19. The third-order valence-electron chi connectivity index (χ3n) is 4.94. The van der Waals surface area contributed by atoms with Crippen molar-refractivity contribution in [2.24, 2.45) is 0 Å². The van der Waals surface area contributed by atoms with Crippen LogP contribution in [0.3, 0.4) is 0 Å². The Morgan fingerprint density at radius 3 is 2.62 bits per heavy atom. The fourth-order valence-corrected chi connectivity index (χ4v) is 3.76. The van der Waals surface area contributed by atoms with Crippen molar-refractivity contribution in [3.8, 4) is 11.6 Å². The van der Waals surface area contributed by atoms with Gasteiger partial charge in [0, 0.05) is 11.1 Å². The van der Waals surface area contributed by atoms with Gasteiger partial charge in [0.25, 0.3) is 11.5 Å². The Kier molecular flexibility index (Phi) is 5.39. The van der Waals surface area contributed by atoms with Gasteiger partial charge >= 0.3 is 0 Å². The van der Waals surface area contributed by atoms with Crippen molar-refractivity contribution in [2.75, 3.05) is 5.32 Å². The molecule has 170 valence electrons. The standard InChI is InChI=1S/C22H14Cl2FN7O2/c1-11-8-18(27-20(33)15-9-12(23)2-7-17(15)24)32(30-11)22-28-19-16(21(34)29-22)10-26-31(19)14-5-3-13(25)4-6-14/h2-10H,1H3,(H,27,33)(H,28,29,34). The van der Waals surface area contributed by atoms with E-state index >= 15 is 0 Å². The summed E-state index contributed by atoms with van der Waals surface area (Å²) < 4.78 is 16.0. The lowest BCUT2D eigenvalue weighted by atomic mass is 10.2. The first-order chi connectivity index (χ1) is 16.3. The monoisotopic (exact) mass is 497 g/mol. The Morgan fingerprint density at radius 1 is 1.09 bits per heavy atom. The molecule has 0 saturated heterocycles. The van der Waals surface area contributed by atoms with E-state index in [1.807, 2.05) is 0 Å². The molecule has 0 atom stereocenters. The van der Waals surface area contributed by atoms with Crippen LogP contribution in [-0.2, 0) is 0 Å². The highest BCUT2D eigenvalue weighted by molar-refractivity contribution is 6.36. The van der Waals surface area contributed by atoms with E-state index in [4.69, 9.17) is 23.2 Å². The van der Waals surface area contributed by atoms with Gasteiger partial charge in [-0.25, -0.2) is 9.07 Å². The second-order valence-corrected chi connectivity index (χ2v) is 8.16. The number of aromatic nitrogens is 6. The van der Waals surface area contributed by atoms with E-state index in [1.165, 1.54) is 52.0 Å². The van der Waals surface area contributed by atoms with Crippen LogP contribution >= 0.6 is 23.2 Å². The van der Waals surface area contributed by atoms with Crippen LogP contribution in [0.25, 0.3) is 22.7 Å². The summed E-state index contributed by atoms with van der Waals surface area (Å²) >= 11 is 12.1. The van der Waals surface area contributed by atoms with Gasteiger partial charge in [0.2, 0.25) is 5.95 Å². The maximum absolute atomic E-state index is 13.4. The summed E-state index contributed by atoms with van der Waals surface area (Å²) in [5.41, 5.74) is 1.01. The molecule has 0 aliphatic carbocycles. The number of carbonyl (C=O) groups excluding carboxylic acids is 1. The van der Waals surface area contributed by atoms with Crippen LogP contribution in [0.5, 0.6) is 0 Å². The molecule has 2 N–H and O–H groups in total. The van der Waals surface area contributed by atoms with Gasteiger partial charge in [0.1, 0.15) is 17.0 Å². The molecule has 0 fully saturated rings. The Balaban J connectivity index is 1.59. The molecule has 12 heteroatoms. The molecule has 0 saturated carbocycles. The number of hydrogen-bond donors (Lipinski definition) is 2. The number of fused-ring (bicyclic) bond motifs is 1.